The molecule has 0 saturated heterocycles. The van der Waals surface area contributed by atoms with E-state index in [1.54, 1.807) is 12.1 Å². The van der Waals surface area contributed by atoms with E-state index in [-0.39, 0.29) is 5.82 Å². The van der Waals surface area contributed by atoms with E-state index < -0.39 is 0 Å². The Morgan fingerprint density at radius 1 is 1.30 bits per heavy atom. The van der Waals surface area contributed by atoms with Crippen LogP contribution in [0, 0.1) is 5.82 Å². The van der Waals surface area contributed by atoms with Gasteiger partial charge in [0.25, 0.3) is 0 Å². The molecular weight excluding hydrogens is 253 g/mol. The molecule has 1 aromatic carbocycles. The molecule has 106 valence electrons. The number of aryl methyl sites for hydroxylation is 2. The van der Waals surface area contributed by atoms with Gasteiger partial charge in [-0.15, -0.1) is 0 Å². The van der Waals surface area contributed by atoms with Crippen LogP contribution >= 0.6 is 0 Å². The highest BCUT2D eigenvalue weighted by Gasteiger charge is 2.16. The lowest BCUT2D eigenvalue weighted by molar-refractivity contribution is 0.621. The number of hydrogen-bond acceptors (Lipinski definition) is 2. The molecule has 3 nitrogen and oxygen atoms in total. The summed E-state index contributed by atoms with van der Waals surface area (Å²) in [5, 5.41) is 3.51. The van der Waals surface area contributed by atoms with Crippen molar-refractivity contribution >= 4 is 5.95 Å². The first kappa shape index (κ1) is 13.2. The third-order valence-electron chi connectivity index (χ3n) is 3.93. The summed E-state index contributed by atoms with van der Waals surface area (Å²) >= 11 is 0. The van der Waals surface area contributed by atoms with E-state index in [9.17, 15) is 4.39 Å². The molecule has 0 spiro atoms. The number of hydrogen-bond donors (Lipinski definition) is 1. The molecule has 1 fully saturated rings. The normalized spacial score (nSPS) is 15.7. The molecule has 1 aliphatic rings. The predicted octanol–water partition coefficient (Wildman–Crippen LogP) is 3.62. The van der Waals surface area contributed by atoms with Crippen molar-refractivity contribution in [1.82, 2.24) is 9.55 Å². The second-order valence-corrected chi connectivity index (χ2v) is 5.45. The van der Waals surface area contributed by atoms with Crippen LogP contribution in [-0.2, 0) is 13.0 Å². The molecule has 1 saturated carbocycles. The number of benzene rings is 1. The average molecular weight is 273 g/mol. The van der Waals surface area contributed by atoms with Gasteiger partial charge in [0.15, 0.2) is 0 Å². The summed E-state index contributed by atoms with van der Waals surface area (Å²) in [4.78, 5) is 4.39. The highest BCUT2D eigenvalue weighted by atomic mass is 19.1. The smallest absolute Gasteiger partial charge is 0.202 e. The minimum Gasteiger partial charge on any atom is -0.353 e. The van der Waals surface area contributed by atoms with Gasteiger partial charge in [-0.05, 0) is 37.0 Å². The fraction of sp³-hybridized carbons (Fsp3) is 0.438. The molecule has 1 heterocycles. The second kappa shape index (κ2) is 6.07. The van der Waals surface area contributed by atoms with Crippen molar-refractivity contribution in [2.75, 3.05) is 5.32 Å². The molecule has 0 unspecified atom stereocenters. The van der Waals surface area contributed by atoms with Gasteiger partial charge in [0.1, 0.15) is 5.82 Å². The zero-order valence-electron chi connectivity index (χ0n) is 11.6. The van der Waals surface area contributed by atoms with Crippen molar-refractivity contribution in [3.8, 4) is 0 Å². The van der Waals surface area contributed by atoms with Gasteiger partial charge in [-0.3, -0.25) is 0 Å². The fourth-order valence-corrected chi connectivity index (χ4v) is 2.82. The van der Waals surface area contributed by atoms with Gasteiger partial charge in [-0.25, -0.2) is 9.37 Å². The molecule has 0 radical (unpaired) electrons. The zero-order valence-corrected chi connectivity index (χ0v) is 11.6. The molecule has 1 N–H and O–H groups in total. The fourth-order valence-electron chi connectivity index (χ4n) is 2.82. The Kier molecular flexibility index (Phi) is 4.00. The molecule has 0 amide bonds. The summed E-state index contributed by atoms with van der Waals surface area (Å²) < 4.78 is 15.3. The first-order valence-corrected chi connectivity index (χ1v) is 7.33. The number of halogens is 1. The summed E-state index contributed by atoms with van der Waals surface area (Å²) in [5.41, 5.74) is 1.02. The number of anilines is 1. The van der Waals surface area contributed by atoms with Crippen LogP contribution in [0.4, 0.5) is 10.3 Å². The van der Waals surface area contributed by atoms with E-state index in [0.717, 1.165) is 24.5 Å². The highest BCUT2D eigenvalue weighted by Crippen LogP contribution is 2.21. The van der Waals surface area contributed by atoms with Crippen molar-refractivity contribution < 1.29 is 4.39 Å². The van der Waals surface area contributed by atoms with Gasteiger partial charge in [0, 0.05) is 25.0 Å². The highest BCUT2D eigenvalue weighted by molar-refractivity contribution is 5.28. The van der Waals surface area contributed by atoms with Crippen LogP contribution < -0.4 is 5.32 Å². The summed E-state index contributed by atoms with van der Waals surface area (Å²) in [6.07, 6.45) is 9.70. The van der Waals surface area contributed by atoms with Crippen molar-refractivity contribution in [2.24, 2.45) is 0 Å². The lowest BCUT2D eigenvalue weighted by Crippen LogP contribution is -2.18. The van der Waals surface area contributed by atoms with Gasteiger partial charge >= 0.3 is 0 Å². The molecule has 1 aromatic heterocycles. The largest absolute Gasteiger partial charge is 0.353 e. The van der Waals surface area contributed by atoms with E-state index >= 15 is 0 Å². The van der Waals surface area contributed by atoms with Crippen molar-refractivity contribution in [3.05, 3.63) is 48.0 Å². The molecule has 4 heteroatoms. The van der Waals surface area contributed by atoms with Crippen molar-refractivity contribution in [1.29, 1.82) is 0 Å². The van der Waals surface area contributed by atoms with Crippen molar-refractivity contribution in [3.63, 3.8) is 0 Å². The quantitative estimate of drug-likeness (QED) is 0.901. The van der Waals surface area contributed by atoms with Crippen LogP contribution in [0.2, 0.25) is 0 Å². The molecule has 0 bridgehead atoms. The van der Waals surface area contributed by atoms with Gasteiger partial charge in [-0.1, -0.05) is 25.0 Å². The Morgan fingerprint density at radius 2 is 2.15 bits per heavy atom. The maximum Gasteiger partial charge on any atom is 0.202 e. The topological polar surface area (TPSA) is 29.9 Å². The Hall–Kier alpha value is -1.84. The maximum absolute atomic E-state index is 13.2. The number of imidazole rings is 1. The number of nitrogens with zero attached hydrogens (tertiary/aromatic N) is 2. The Balaban J connectivity index is 1.61. The molecule has 0 aliphatic heterocycles. The molecular formula is C16H20FN3. The van der Waals surface area contributed by atoms with Crippen LogP contribution in [0.5, 0.6) is 0 Å². The lowest BCUT2D eigenvalue weighted by Gasteiger charge is -2.14. The first-order chi connectivity index (χ1) is 9.81. The SMILES string of the molecule is Fc1cccc(CCn2ccnc2NC2CCCC2)c1. The van der Waals surface area contributed by atoms with Gasteiger partial charge < -0.3 is 9.88 Å². The van der Waals surface area contributed by atoms with E-state index in [2.05, 4.69) is 14.9 Å². The van der Waals surface area contributed by atoms with Gasteiger partial charge in [-0.2, -0.15) is 0 Å². The Labute approximate surface area is 118 Å². The number of nitrogens with one attached hydrogen (secondary N) is 1. The molecule has 0 atom stereocenters. The van der Waals surface area contributed by atoms with Gasteiger partial charge in [0.2, 0.25) is 5.95 Å². The van der Waals surface area contributed by atoms with Crippen LogP contribution in [0.25, 0.3) is 0 Å². The molecule has 20 heavy (non-hydrogen) atoms. The number of aromatic nitrogens is 2. The molecule has 1 aliphatic carbocycles. The third-order valence-corrected chi connectivity index (χ3v) is 3.93. The molecule has 3 rings (SSSR count). The summed E-state index contributed by atoms with van der Waals surface area (Å²) in [6, 6.07) is 7.36. The van der Waals surface area contributed by atoms with E-state index in [1.807, 2.05) is 18.5 Å². The summed E-state index contributed by atoms with van der Waals surface area (Å²) in [5.74, 6) is 0.769. The lowest BCUT2D eigenvalue weighted by atomic mass is 10.1. The van der Waals surface area contributed by atoms with E-state index in [1.165, 1.54) is 31.7 Å². The monoisotopic (exact) mass is 273 g/mol. The Bertz CT molecular complexity index is 558. The van der Waals surface area contributed by atoms with Crippen molar-refractivity contribution in [2.45, 2.75) is 44.7 Å². The maximum atomic E-state index is 13.2. The third kappa shape index (κ3) is 3.18. The second-order valence-electron chi connectivity index (χ2n) is 5.45. The van der Waals surface area contributed by atoms with Crippen LogP contribution in [0.3, 0.4) is 0 Å². The van der Waals surface area contributed by atoms with Gasteiger partial charge in [0.05, 0.1) is 0 Å². The summed E-state index contributed by atoms with van der Waals surface area (Å²) in [6.45, 7) is 0.818. The average Bonchev–Trinajstić information content (AvgIpc) is 3.09. The minimum atomic E-state index is -0.169. The van der Waals surface area contributed by atoms with Crippen LogP contribution in [0.15, 0.2) is 36.7 Å². The minimum absolute atomic E-state index is 0.169. The molecule has 2 aromatic rings. The first-order valence-electron chi connectivity index (χ1n) is 7.33. The van der Waals surface area contributed by atoms with Crippen LogP contribution in [0.1, 0.15) is 31.2 Å². The van der Waals surface area contributed by atoms with E-state index in [4.69, 9.17) is 0 Å². The summed E-state index contributed by atoms with van der Waals surface area (Å²) in [7, 11) is 0. The van der Waals surface area contributed by atoms with E-state index in [0.29, 0.717) is 6.04 Å². The Morgan fingerprint density at radius 3 is 2.95 bits per heavy atom. The standard InChI is InChI=1S/C16H20FN3/c17-14-5-3-4-13(12-14)8-10-20-11-9-18-16(20)19-15-6-1-2-7-15/h3-5,9,11-12,15H,1-2,6-8,10H2,(H,18,19). The predicted molar refractivity (Wildman–Crippen MR) is 78.2 cm³/mol. The van der Waals surface area contributed by atoms with Crippen LogP contribution in [-0.4, -0.2) is 15.6 Å². The number of rotatable bonds is 5. The zero-order chi connectivity index (χ0) is 13.8.